The Labute approximate surface area is 82.2 Å². The molecule has 1 aliphatic carbocycles. The summed E-state index contributed by atoms with van der Waals surface area (Å²) >= 11 is 0. The molecule has 0 radical (unpaired) electrons. The monoisotopic (exact) mass is 196 g/mol. The molecule has 0 saturated carbocycles. The van der Waals surface area contributed by atoms with Crippen LogP contribution in [0.4, 0.5) is 0 Å². The molecule has 1 aliphatic rings. The Morgan fingerprint density at radius 2 is 2.07 bits per heavy atom. The van der Waals surface area contributed by atoms with E-state index in [1.54, 1.807) is 18.2 Å². The van der Waals surface area contributed by atoms with Gasteiger partial charge in [0.1, 0.15) is 0 Å². The third kappa shape index (κ3) is 2.22. The van der Waals surface area contributed by atoms with Gasteiger partial charge in [-0.15, -0.1) is 0 Å². The molecule has 0 fully saturated rings. The van der Waals surface area contributed by atoms with Crippen molar-refractivity contribution >= 4 is 11.9 Å². The Balaban J connectivity index is 2.77. The van der Waals surface area contributed by atoms with E-state index in [9.17, 15) is 9.59 Å². The smallest absolute Gasteiger partial charge is 0.337 e. The lowest BCUT2D eigenvalue weighted by molar-refractivity contribution is -0.143. The molecule has 0 heterocycles. The van der Waals surface area contributed by atoms with Gasteiger partial charge >= 0.3 is 11.9 Å². The third-order valence-electron chi connectivity index (χ3n) is 1.99. The first kappa shape index (κ1) is 10.5. The molecule has 0 aromatic heterocycles. The molecular weight excluding hydrogens is 184 g/mol. The predicted molar refractivity (Wildman–Crippen MR) is 49.4 cm³/mol. The van der Waals surface area contributed by atoms with Gasteiger partial charge in [-0.3, -0.25) is 4.79 Å². The highest BCUT2D eigenvalue weighted by Crippen LogP contribution is 2.18. The highest BCUT2D eigenvalue weighted by molar-refractivity contribution is 5.93. The average molecular weight is 196 g/mol. The normalized spacial score (nSPS) is 19.9. The molecular formula is C10H12O4. The maximum Gasteiger partial charge on any atom is 0.337 e. The zero-order valence-electron chi connectivity index (χ0n) is 8.15. The van der Waals surface area contributed by atoms with Crippen molar-refractivity contribution in [3.8, 4) is 0 Å². The van der Waals surface area contributed by atoms with E-state index in [0.717, 1.165) is 0 Å². The molecule has 76 valence electrons. The molecule has 0 bridgehead atoms. The lowest BCUT2D eigenvalue weighted by Gasteiger charge is -2.13. The molecule has 0 N–H and O–H groups in total. The Kier molecular flexibility index (Phi) is 3.45. The molecule has 14 heavy (non-hydrogen) atoms. The maximum atomic E-state index is 11.2. The van der Waals surface area contributed by atoms with Crippen molar-refractivity contribution in [2.24, 2.45) is 5.92 Å². The summed E-state index contributed by atoms with van der Waals surface area (Å²) < 4.78 is 9.12. The van der Waals surface area contributed by atoms with Crippen molar-refractivity contribution in [2.45, 2.75) is 6.42 Å². The number of hydrogen-bond donors (Lipinski definition) is 0. The van der Waals surface area contributed by atoms with Crippen LogP contribution in [0.25, 0.3) is 0 Å². The van der Waals surface area contributed by atoms with Crippen LogP contribution in [-0.4, -0.2) is 26.2 Å². The van der Waals surface area contributed by atoms with Crippen LogP contribution in [0.1, 0.15) is 6.42 Å². The zero-order valence-corrected chi connectivity index (χ0v) is 8.15. The number of ether oxygens (including phenoxy) is 2. The summed E-state index contributed by atoms with van der Waals surface area (Å²) in [5.74, 6) is -1.15. The second-order valence-electron chi connectivity index (χ2n) is 2.88. The van der Waals surface area contributed by atoms with E-state index in [-0.39, 0.29) is 11.9 Å². The van der Waals surface area contributed by atoms with Gasteiger partial charge in [0, 0.05) is 0 Å². The second-order valence-corrected chi connectivity index (χ2v) is 2.88. The molecule has 0 amide bonds. The van der Waals surface area contributed by atoms with Crippen molar-refractivity contribution in [3.63, 3.8) is 0 Å². The van der Waals surface area contributed by atoms with Gasteiger partial charge in [-0.25, -0.2) is 4.79 Å². The van der Waals surface area contributed by atoms with Crippen molar-refractivity contribution < 1.29 is 19.1 Å². The Morgan fingerprint density at radius 3 is 2.64 bits per heavy atom. The van der Waals surface area contributed by atoms with E-state index in [1.165, 1.54) is 14.2 Å². The maximum absolute atomic E-state index is 11.2. The van der Waals surface area contributed by atoms with Gasteiger partial charge in [0.25, 0.3) is 0 Å². The topological polar surface area (TPSA) is 52.6 Å². The zero-order chi connectivity index (χ0) is 10.6. The summed E-state index contributed by atoms with van der Waals surface area (Å²) in [6.45, 7) is 0. The standard InChI is InChI=1S/C10H12O4/c1-13-9(11)7-4-3-5-8(6-7)10(12)14-2/h3-4,6,8H,5H2,1-2H3. The SMILES string of the molecule is COC(=O)C1=CC(C(=O)OC)CC=C1. The molecule has 1 rings (SSSR count). The second kappa shape index (κ2) is 4.60. The Hall–Kier alpha value is -1.58. The number of carbonyl (C=O) groups excluding carboxylic acids is 2. The first-order valence-electron chi connectivity index (χ1n) is 4.23. The number of carbonyl (C=O) groups is 2. The molecule has 0 aromatic carbocycles. The molecule has 1 atom stereocenters. The molecule has 4 heteroatoms. The van der Waals surface area contributed by atoms with Gasteiger partial charge < -0.3 is 9.47 Å². The van der Waals surface area contributed by atoms with Crippen LogP contribution < -0.4 is 0 Å². The van der Waals surface area contributed by atoms with Crippen LogP contribution in [0.3, 0.4) is 0 Å². The average Bonchev–Trinajstić information content (AvgIpc) is 2.27. The summed E-state index contributed by atoms with van der Waals surface area (Å²) in [6, 6.07) is 0. The number of allylic oxidation sites excluding steroid dienone is 1. The first-order chi connectivity index (χ1) is 6.69. The van der Waals surface area contributed by atoms with Crippen LogP contribution in [0.5, 0.6) is 0 Å². The van der Waals surface area contributed by atoms with E-state index < -0.39 is 5.97 Å². The first-order valence-corrected chi connectivity index (χ1v) is 4.23. The number of esters is 2. The number of hydrogen-bond acceptors (Lipinski definition) is 4. The van der Waals surface area contributed by atoms with Crippen molar-refractivity contribution in [3.05, 3.63) is 23.8 Å². The largest absolute Gasteiger partial charge is 0.469 e. The predicted octanol–water partition coefficient (Wildman–Crippen LogP) is 0.835. The van der Waals surface area contributed by atoms with Crippen molar-refractivity contribution in [2.75, 3.05) is 14.2 Å². The summed E-state index contributed by atoms with van der Waals surface area (Å²) in [5, 5.41) is 0. The van der Waals surface area contributed by atoms with Gasteiger partial charge in [0.15, 0.2) is 0 Å². The van der Waals surface area contributed by atoms with Crippen molar-refractivity contribution in [1.29, 1.82) is 0 Å². The summed E-state index contributed by atoms with van der Waals surface area (Å²) in [5.41, 5.74) is 0.397. The molecule has 4 nitrogen and oxygen atoms in total. The molecule has 0 aromatic rings. The minimum atomic E-state index is -0.435. The van der Waals surface area contributed by atoms with Crippen LogP contribution in [0.15, 0.2) is 23.8 Å². The van der Waals surface area contributed by atoms with E-state index >= 15 is 0 Å². The highest BCUT2D eigenvalue weighted by Gasteiger charge is 2.20. The summed E-state index contributed by atoms with van der Waals surface area (Å²) in [4.78, 5) is 22.3. The van der Waals surface area contributed by atoms with Gasteiger partial charge in [0.2, 0.25) is 0 Å². The van der Waals surface area contributed by atoms with E-state index in [1.807, 2.05) is 0 Å². The van der Waals surface area contributed by atoms with Gasteiger partial charge in [-0.2, -0.15) is 0 Å². The summed E-state index contributed by atoms with van der Waals surface area (Å²) in [6.07, 6.45) is 5.53. The van der Waals surface area contributed by atoms with Crippen molar-refractivity contribution in [1.82, 2.24) is 0 Å². The minimum Gasteiger partial charge on any atom is -0.469 e. The van der Waals surface area contributed by atoms with Crippen LogP contribution in [0, 0.1) is 5.92 Å². The highest BCUT2D eigenvalue weighted by atomic mass is 16.5. The van der Waals surface area contributed by atoms with Gasteiger partial charge in [-0.05, 0) is 6.42 Å². The molecule has 0 spiro atoms. The van der Waals surface area contributed by atoms with Crippen LogP contribution >= 0.6 is 0 Å². The number of rotatable bonds is 2. The van der Waals surface area contributed by atoms with Crippen LogP contribution in [-0.2, 0) is 19.1 Å². The molecule has 0 aliphatic heterocycles. The lowest BCUT2D eigenvalue weighted by Crippen LogP contribution is -2.17. The minimum absolute atomic E-state index is 0.337. The van der Waals surface area contributed by atoms with E-state index in [0.29, 0.717) is 12.0 Å². The van der Waals surface area contributed by atoms with Crippen LogP contribution in [0.2, 0.25) is 0 Å². The van der Waals surface area contributed by atoms with E-state index in [4.69, 9.17) is 0 Å². The fourth-order valence-electron chi connectivity index (χ4n) is 1.25. The fraction of sp³-hybridized carbons (Fsp3) is 0.400. The Bertz CT molecular complexity index is 301. The van der Waals surface area contributed by atoms with Gasteiger partial charge in [-0.1, -0.05) is 18.2 Å². The Morgan fingerprint density at radius 1 is 1.36 bits per heavy atom. The van der Waals surface area contributed by atoms with E-state index in [2.05, 4.69) is 9.47 Å². The van der Waals surface area contributed by atoms with Gasteiger partial charge in [0.05, 0.1) is 25.7 Å². The lowest BCUT2D eigenvalue weighted by atomic mass is 9.96. The molecule has 0 saturated heterocycles. The third-order valence-corrected chi connectivity index (χ3v) is 1.99. The fourth-order valence-corrected chi connectivity index (χ4v) is 1.25. The quantitative estimate of drug-likeness (QED) is 0.614. The number of methoxy groups -OCH3 is 2. The molecule has 1 unspecified atom stereocenters. The summed E-state index contributed by atoms with van der Waals surface area (Å²) in [7, 11) is 2.63.